The Labute approximate surface area is 254 Å². The summed E-state index contributed by atoms with van der Waals surface area (Å²) in [4.78, 5) is 32.3. The topological polar surface area (TPSA) is 83.0 Å². The van der Waals surface area contributed by atoms with E-state index in [1.54, 1.807) is 31.4 Å². The van der Waals surface area contributed by atoms with Gasteiger partial charge in [-0.15, -0.1) is 0 Å². The van der Waals surface area contributed by atoms with E-state index in [0.29, 0.717) is 28.0 Å². The molecule has 2 N–H and O–H groups in total. The molecule has 1 fully saturated rings. The third kappa shape index (κ3) is 7.06. The number of para-hydroxylation sites is 1. The van der Waals surface area contributed by atoms with Crippen molar-refractivity contribution in [3.8, 4) is 5.75 Å². The zero-order valence-corrected chi connectivity index (χ0v) is 24.9. The van der Waals surface area contributed by atoms with Gasteiger partial charge in [0, 0.05) is 25.2 Å². The van der Waals surface area contributed by atoms with Gasteiger partial charge in [0.2, 0.25) is 11.8 Å². The van der Waals surface area contributed by atoms with Crippen LogP contribution in [0.1, 0.15) is 6.42 Å². The highest BCUT2D eigenvalue weighted by atomic mass is 35.5. The molecular weight excluding hydrogens is 626 g/mol. The molecule has 0 aromatic heterocycles. The number of hydrogen-bond donors (Lipinski definition) is 2. The van der Waals surface area contributed by atoms with E-state index in [4.69, 9.17) is 62.7 Å². The predicted molar refractivity (Wildman–Crippen MR) is 163 cm³/mol. The zero-order chi connectivity index (χ0) is 28.1. The fourth-order valence-corrected chi connectivity index (χ4v) is 6.11. The fraction of sp³-hybridized carbons (Fsp3) is 0.192. The van der Waals surface area contributed by atoms with Crippen molar-refractivity contribution in [3.63, 3.8) is 0 Å². The highest BCUT2D eigenvalue weighted by Gasteiger charge is 2.39. The number of benzene rings is 3. The van der Waals surface area contributed by atoms with Crippen LogP contribution in [0.3, 0.4) is 0 Å². The number of methoxy groups -OCH3 is 1. The Morgan fingerprint density at radius 2 is 1.56 bits per heavy atom. The molecule has 4 rings (SSSR count). The van der Waals surface area contributed by atoms with Crippen molar-refractivity contribution in [2.45, 2.75) is 11.7 Å². The van der Waals surface area contributed by atoms with E-state index in [1.807, 2.05) is 30.3 Å². The van der Waals surface area contributed by atoms with Crippen LogP contribution in [0.2, 0.25) is 25.1 Å². The number of ether oxygens (including phenoxy) is 1. The van der Waals surface area contributed by atoms with Gasteiger partial charge in [0.05, 0.1) is 43.6 Å². The maximum absolute atomic E-state index is 13.4. The number of amides is 2. The maximum atomic E-state index is 13.4. The molecule has 0 aliphatic carbocycles. The highest BCUT2D eigenvalue weighted by Crippen LogP contribution is 2.46. The first-order valence-electron chi connectivity index (χ1n) is 11.5. The molecule has 3 aromatic carbocycles. The summed E-state index contributed by atoms with van der Waals surface area (Å²) in [5.74, 6) is 0.131. The molecule has 2 amide bonds. The zero-order valence-electron chi connectivity index (χ0n) is 20.3. The molecular formula is C26H21Cl5N4O3S. The lowest BCUT2D eigenvalue weighted by Gasteiger charge is -2.19. The van der Waals surface area contributed by atoms with Crippen LogP contribution in [0.4, 0.5) is 17.1 Å². The monoisotopic (exact) mass is 644 g/mol. The number of anilines is 2. The minimum absolute atomic E-state index is 0.0344. The Kier molecular flexibility index (Phi) is 10.1. The van der Waals surface area contributed by atoms with Gasteiger partial charge in [0.1, 0.15) is 11.0 Å². The lowest BCUT2D eigenvalue weighted by molar-refractivity contribution is -0.128. The van der Waals surface area contributed by atoms with Gasteiger partial charge in [-0.3, -0.25) is 14.5 Å². The van der Waals surface area contributed by atoms with Crippen LogP contribution < -0.4 is 15.4 Å². The SMILES string of the molecule is COc1ccc(NC(=O)CC2SC(=Nc3ccccc3)N(CCNc3c(Cl)c(Cl)c(Cl)c(Cl)c3Cl)C2=O)cc1. The smallest absolute Gasteiger partial charge is 0.242 e. The number of rotatable bonds is 9. The number of nitrogens with one attached hydrogen (secondary N) is 2. The number of carbonyl (C=O) groups is 2. The van der Waals surface area contributed by atoms with Crippen molar-refractivity contribution in [1.29, 1.82) is 0 Å². The average molecular weight is 647 g/mol. The molecule has 1 saturated heterocycles. The van der Waals surface area contributed by atoms with Crippen molar-refractivity contribution in [3.05, 3.63) is 79.7 Å². The van der Waals surface area contributed by atoms with Gasteiger partial charge >= 0.3 is 0 Å². The number of nitrogens with zero attached hydrogens (tertiary/aromatic N) is 2. The molecule has 7 nitrogen and oxygen atoms in total. The number of hydrogen-bond acceptors (Lipinski definition) is 6. The summed E-state index contributed by atoms with van der Waals surface area (Å²) < 4.78 is 5.14. The van der Waals surface area contributed by atoms with Crippen LogP contribution in [0.15, 0.2) is 59.6 Å². The van der Waals surface area contributed by atoms with Gasteiger partial charge < -0.3 is 15.4 Å². The van der Waals surface area contributed by atoms with Crippen LogP contribution in [0.5, 0.6) is 5.75 Å². The number of amidine groups is 1. The molecule has 204 valence electrons. The summed E-state index contributed by atoms with van der Waals surface area (Å²) in [6, 6.07) is 16.2. The first-order valence-corrected chi connectivity index (χ1v) is 14.3. The molecule has 1 unspecified atom stereocenters. The van der Waals surface area contributed by atoms with Gasteiger partial charge in [0.15, 0.2) is 5.17 Å². The third-order valence-corrected chi connectivity index (χ3v) is 9.04. The molecule has 1 aliphatic rings. The maximum Gasteiger partial charge on any atom is 0.242 e. The van der Waals surface area contributed by atoms with Crippen molar-refractivity contribution < 1.29 is 14.3 Å². The van der Waals surface area contributed by atoms with Gasteiger partial charge in [-0.25, -0.2) is 4.99 Å². The van der Waals surface area contributed by atoms with Gasteiger partial charge in [-0.05, 0) is 36.4 Å². The molecule has 1 aliphatic heterocycles. The fourth-order valence-electron chi connectivity index (χ4n) is 3.65. The summed E-state index contributed by atoms with van der Waals surface area (Å²) in [5, 5.41) is 6.13. The molecule has 0 spiro atoms. The normalized spacial score (nSPS) is 16.1. The van der Waals surface area contributed by atoms with E-state index in [2.05, 4.69) is 15.6 Å². The van der Waals surface area contributed by atoms with Crippen LogP contribution in [-0.4, -0.2) is 47.3 Å². The van der Waals surface area contributed by atoms with Crippen LogP contribution in [-0.2, 0) is 9.59 Å². The van der Waals surface area contributed by atoms with Crippen LogP contribution in [0, 0.1) is 0 Å². The van der Waals surface area contributed by atoms with Crippen molar-refractivity contribution >= 4 is 104 Å². The Balaban J connectivity index is 1.49. The molecule has 1 atom stereocenters. The Morgan fingerprint density at radius 3 is 2.18 bits per heavy atom. The predicted octanol–water partition coefficient (Wildman–Crippen LogP) is 8.03. The van der Waals surface area contributed by atoms with Gasteiger partial charge in [-0.1, -0.05) is 88.0 Å². The minimum Gasteiger partial charge on any atom is -0.497 e. The Hall–Kier alpha value is -2.33. The second kappa shape index (κ2) is 13.4. The van der Waals surface area contributed by atoms with Gasteiger partial charge in [0.25, 0.3) is 0 Å². The highest BCUT2D eigenvalue weighted by molar-refractivity contribution is 8.15. The third-order valence-electron chi connectivity index (χ3n) is 5.59. The second-order valence-electron chi connectivity index (χ2n) is 8.18. The quantitative estimate of drug-likeness (QED) is 0.182. The van der Waals surface area contributed by atoms with Crippen molar-refractivity contribution in [2.24, 2.45) is 4.99 Å². The second-order valence-corrected chi connectivity index (χ2v) is 11.2. The standard InChI is InChI=1S/C26H21Cl5N4O3S/c1-38-16-9-7-15(8-10-16)33-18(36)13-17-25(37)35(26(39-17)34-14-5-3-2-4-6-14)12-11-32-24-22(30)20(28)19(27)21(29)23(24)31/h2-10,17,32H,11-13H2,1H3,(H,33,36). The number of thioether (sulfide) groups is 1. The summed E-state index contributed by atoms with van der Waals surface area (Å²) in [6.45, 7) is 0.442. The molecule has 39 heavy (non-hydrogen) atoms. The lowest BCUT2D eigenvalue weighted by atomic mass is 10.2. The van der Waals surface area contributed by atoms with E-state index >= 15 is 0 Å². The van der Waals surface area contributed by atoms with E-state index < -0.39 is 5.25 Å². The molecule has 3 aromatic rings. The van der Waals surface area contributed by atoms with Crippen molar-refractivity contribution in [2.75, 3.05) is 30.8 Å². The molecule has 0 saturated carbocycles. The Morgan fingerprint density at radius 1 is 0.949 bits per heavy atom. The number of aliphatic imine (C=N–C) groups is 1. The van der Waals surface area contributed by atoms with Crippen LogP contribution in [0.25, 0.3) is 0 Å². The number of carbonyl (C=O) groups excluding carboxylic acids is 2. The van der Waals surface area contributed by atoms with Crippen molar-refractivity contribution in [1.82, 2.24) is 4.90 Å². The summed E-state index contributed by atoms with van der Waals surface area (Å²) in [5.41, 5.74) is 1.58. The van der Waals surface area contributed by atoms with E-state index in [0.717, 1.165) is 0 Å². The lowest BCUT2D eigenvalue weighted by Crippen LogP contribution is -2.36. The molecule has 13 heteroatoms. The molecule has 1 heterocycles. The van der Waals surface area contributed by atoms with E-state index in [-0.39, 0.29) is 56.4 Å². The summed E-state index contributed by atoms with van der Waals surface area (Å²) in [6.07, 6.45) is -0.0344. The van der Waals surface area contributed by atoms with Crippen LogP contribution >= 0.6 is 69.8 Å². The number of halogens is 5. The first kappa shape index (κ1) is 29.6. The largest absolute Gasteiger partial charge is 0.497 e. The van der Waals surface area contributed by atoms with E-state index in [1.165, 1.54) is 16.7 Å². The first-order chi connectivity index (χ1) is 18.7. The minimum atomic E-state index is -0.655. The molecule has 0 radical (unpaired) electrons. The van der Waals surface area contributed by atoms with E-state index in [9.17, 15) is 9.59 Å². The summed E-state index contributed by atoms with van der Waals surface area (Å²) in [7, 11) is 1.56. The van der Waals surface area contributed by atoms with Gasteiger partial charge in [-0.2, -0.15) is 0 Å². The molecule has 0 bridgehead atoms. The summed E-state index contributed by atoms with van der Waals surface area (Å²) >= 11 is 32.3. The average Bonchev–Trinajstić information content (AvgIpc) is 3.22. The Bertz CT molecular complexity index is 1380.